The van der Waals surface area contributed by atoms with Crippen molar-refractivity contribution in [3.8, 4) is 0 Å². The first-order chi connectivity index (χ1) is 7.20. The molecule has 1 aliphatic rings. The molecule has 0 spiro atoms. The highest BCUT2D eigenvalue weighted by atomic mass is 35.5. The lowest BCUT2D eigenvalue weighted by Crippen LogP contribution is -2.13. The van der Waals surface area contributed by atoms with E-state index in [4.69, 9.17) is 16.3 Å². The molecule has 1 aliphatic heterocycles. The minimum Gasteiger partial charge on any atom is -0.373 e. The van der Waals surface area contributed by atoms with Gasteiger partial charge in [0.15, 0.2) is 0 Å². The summed E-state index contributed by atoms with van der Waals surface area (Å²) in [5.74, 6) is 0. The fourth-order valence-electron chi connectivity index (χ4n) is 1.96. The molecule has 1 fully saturated rings. The van der Waals surface area contributed by atoms with Crippen LogP contribution in [-0.4, -0.2) is 12.2 Å². The Bertz CT molecular complexity index is 323. The van der Waals surface area contributed by atoms with Gasteiger partial charge in [-0.2, -0.15) is 0 Å². The highest BCUT2D eigenvalue weighted by molar-refractivity contribution is 7.12. The van der Waals surface area contributed by atoms with E-state index in [9.17, 15) is 0 Å². The fraction of sp³-hybridized carbons (Fsp3) is 0.667. The summed E-state index contributed by atoms with van der Waals surface area (Å²) in [6.07, 6.45) is 3.91. The summed E-state index contributed by atoms with van der Waals surface area (Å²) >= 11 is 8.25. The summed E-state index contributed by atoms with van der Waals surface area (Å²) in [5.41, 5.74) is 0. The third-order valence-corrected chi connectivity index (χ3v) is 4.85. The van der Waals surface area contributed by atoms with Gasteiger partial charge in [0.1, 0.15) is 0 Å². The van der Waals surface area contributed by atoms with E-state index in [1.54, 1.807) is 0 Å². The smallest absolute Gasteiger partial charge is 0.0939 e. The van der Waals surface area contributed by atoms with Gasteiger partial charge in [0.2, 0.25) is 0 Å². The zero-order valence-corrected chi connectivity index (χ0v) is 10.8. The highest BCUT2D eigenvalue weighted by Crippen LogP contribution is 2.37. The number of aryl methyl sites for hydroxylation is 1. The molecule has 0 N–H and O–H groups in total. The second-order valence-corrected chi connectivity index (χ2v) is 5.79. The topological polar surface area (TPSA) is 9.23 Å². The monoisotopic (exact) mass is 244 g/mol. The molecule has 15 heavy (non-hydrogen) atoms. The van der Waals surface area contributed by atoms with Gasteiger partial charge < -0.3 is 4.74 Å². The van der Waals surface area contributed by atoms with Gasteiger partial charge in [0.25, 0.3) is 0 Å². The van der Waals surface area contributed by atoms with E-state index in [0.717, 1.165) is 19.3 Å². The predicted octanol–water partition coefficient (Wildman–Crippen LogP) is 4.16. The van der Waals surface area contributed by atoms with Crippen LogP contribution in [0.5, 0.6) is 0 Å². The fourth-order valence-corrected chi connectivity index (χ4v) is 3.34. The summed E-state index contributed by atoms with van der Waals surface area (Å²) in [7, 11) is 0. The molecular weight excluding hydrogens is 228 g/mol. The molecule has 3 heteroatoms. The van der Waals surface area contributed by atoms with E-state index < -0.39 is 0 Å². The van der Waals surface area contributed by atoms with Gasteiger partial charge in [0, 0.05) is 9.75 Å². The van der Waals surface area contributed by atoms with Crippen molar-refractivity contribution >= 4 is 22.9 Å². The van der Waals surface area contributed by atoms with Crippen molar-refractivity contribution in [1.82, 2.24) is 0 Å². The molecule has 0 bridgehead atoms. The van der Waals surface area contributed by atoms with Gasteiger partial charge >= 0.3 is 0 Å². The minimum absolute atomic E-state index is 0.0419. The zero-order valence-electron chi connectivity index (χ0n) is 9.20. The van der Waals surface area contributed by atoms with Crippen molar-refractivity contribution in [2.45, 2.75) is 50.7 Å². The van der Waals surface area contributed by atoms with Crippen LogP contribution in [0.4, 0.5) is 0 Å². The highest BCUT2D eigenvalue weighted by Gasteiger charge is 2.30. The van der Waals surface area contributed by atoms with Gasteiger partial charge in [0.05, 0.1) is 17.6 Å². The van der Waals surface area contributed by atoms with Crippen LogP contribution in [0, 0.1) is 0 Å². The molecule has 1 aromatic heterocycles. The van der Waals surface area contributed by atoms with Crippen LogP contribution in [0.3, 0.4) is 0 Å². The van der Waals surface area contributed by atoms with Crippen molar-refractivity contribution < 1.29 is 4.74 Å². The van der Waals surface area contributed by atoms with Crippen molar-refractivity contribution in [2.24, 2.45) is 0 Å². The molecule has 0 amide bonds. The molecule has 0 radical (unpaired) electrons. The van der Waals surface area contributed by atoms with E-state index in [-0.39, 0.29) is 11.5 Å². The Hall–Kier alpha value is -0.0500. The number of thiophene rings is 1. The van der Waals surface area contributed by atoms with Crippen LogP contribution in [0.2, 0.25) is 0 Å². The first-order valence-electron chi connectivity index (χ1n) is 5.59. The predicted molar refractivity (Wildman–Crippen MR) is 65.9 cm³/mol. The Balaban J connectivity index is 2.03. The maximum Gasteiger partial charge on any atom is 0.0939 e. The first kappa shape index (κ1) is 11.4. The molecule has 1 aromatic rings. The number of ether oxygens (including phenoxy) is 1. The average molecular weight is 245 g/mol. The normalized spacial score (nSPS) is 28.2. The van der Waals surface area contributed by atoms with Gasteiger partial charge in [-0.1, -0.05) is 6.92 Å². The van der Waals surface area contributed by atoms with Crippen molar-refractivity contribution in [1.29, 1.82) is 0 Å². The minimum atomic E-state index is 0.0419. The van der Waals surface area contributed by atoms with E-state index in [1.165, 1.54) is 9.75 Å². The van der Waals surface area contributed by atoms with E-state index in [0.29, 0.717) is 6.10 Å². The van der Waals surface area contributed by atoms with E-state index in [1.807, 2.05) is 11.3 Å². The van der Waals surface area contributed by atoms with Crippen molar-refractivity contribution in [2.75, 3.05) is 0 Å². The summed E-state index contributed by atoms with van der Waals surface area (Å²) in [5, 5.41) is 0.0419. The average Bonchev–Trinajstić information content (AvgIpc) is 2.84. The van der Waals surface area contributed by atoms with Gasteiger partial charge in [-0.25, -0.2) is 0 Å². The number of halogens is 1. The first-order valence-corrected chi connectivity index (χ1v) is 6.84. The number of rotatable bonds is 3. The van der Waals surface area contributed by atoms with Gasteiger partial charge in [-0.05, 0) is 38.3 Å². The number of alkyl halides is 1. The van der Waals surface area contributed by atoms with Gasteiger partial charge in [-0.3, -0.25) is 0 Å². The van der Waals surface area contributed by atoms with Gasteiger partial charge in [-0.15, -0.1) is 22.9 Å². The van der Waals surface area contributed by atoms with Crippen LogP contribution in [0.25, 0.3) is 0 Å². The molecule has 2 heterocycles. The lowest BCUT2D eigenvalue weighted by atomic mass is 10.1. The molecule has 0 aromatic carbocycles. The molecule has 1 nitrogen and oxygen atoms in total. The van der Waals surface area contributed by atoms with E-state index >= 15 is 0 Å². The van der Waals surface area contributed by atoms with Crippen molar-refractivity contribution in [3.63, 3.8) is 0 Å². The molecule has 3 unspecified atom stereocenters. The molecule has 0 saturated carbocycles. The Labute approximate surface area is 100 Å². The summed E-state index contributed by atoms with van der Waals surface area (Å²) in [4.78, 5) is 2.66. The molecule has 3 atom stereocenters. The van der Waals surface area contributed by atoms with Crippen molar-refractivity contribution in [3.05, 3.63) is 21.9 Å². The number of hydrogen-bond acceptors (Lipinski definition) is 2. The van der Waals surface area contributed by atoms with Crippen LogP contribution in [0.1, 0.15) is 41.8 Å². The second-order valence-electron chi connectivity index (χ2n) is 4.12. The Morgan fingerprint density at radius 1 is 1.53 bits per heavy atom. The quantitative estimate of drug-likeness (QED) is 0.726. The Morgan fingerprint density at radius 3 is 2.87 bits per heavy atom. The van der Waals surface area contributed by atoms with Crippen LogP contribution in [-0.2, 0) is 11.2 Å². The van der Waals surface area contributed by atoms with Crippen LogP contribution in [0.15, 0.2) is 12.1 Å². The van der Waals surface area contributed by atoms with E-state index in [2.05, 4.69) is 26.0 Å². The molecular formula is C12H17ClOS. The SMILES string of the molecule is CCc1ccc(C(Cl)C2CCC(C)O2)s1. The lowest BCUT2D eigenvalue weighted by Gasteiger charge is -2.16. The zero-order chi connectivity index (χ0) is 10.8. The summed E-state index contributed by atoms with van der Waals surface area (Å²) in [6, 6.07) is 4.32. The maximum absolute atomic E-state index is 6.43. The standard InChI is InChI=1S/C12H17ClOS/c1-3-9-5-7-11(15-9)12(13)10-6-4-8(2)14-10/h5,7-8,10,12H,3-4,6H2,1-2H3. The molecule has 0 aliphatic carbocycles. The molecule has 1 saturated heterocycles. The Morgan fingerprint density at radius 2 is 2.33 bits per heavy atom. The summed E-state index contributed by atoms with van der Waals surface area (Å²) < 4.78 is 5.80. The summed E-state index contributed by atoms with van der Waals surface area (Å²) in [6.45, 7) is 4.29. The molecule has 2 rings (SSSR count). The molecule has 84 valence electrons. The Kier molecular flexibility index (Phi) is 3.70. The van der Waals surface area contributed by atoms with Crippen LogP contribution >= 0.6 is 22.9 Å². The van der Waals surface area contributed by atoms with Crippen LogP contribution < -0.4 is 0 Å². The number of hydrogen-bond donors (Lipinski definition) is 0. The third-order valence-electron chi connectivity index (χ3n) is 2.89. The third kappa shape index (κ3) is 2.55. The lowest BCUT2D eigenvalue weighted by molar-refractivity contribution is 0.0538. The second kappa shape index (κ2) is 4.86. The largest absolute Gasteiger partial charge is 0.373 e. The maximum atomic E-state index is 6.43.